The molecule has 2 atom stereocenters. The molecular weight excluding hydrogens is 288 g/mol. The number of rotatable bonds is 12. The van der Waals surface area contributed by atoms with Crippen LogP contribution in [-0.2, 0) is 9.59 Å². The Morgan fingerprint density at radius 2 is 1.09 bits per heavy atom. The van der Waals surface area contributed by atoms with Gasteiger partial charge in [0.15, 0.2) is 0 Å². The van der Waals surface area contributed by atoms with E-state index in [1.54, 1.807) is 36.5 Å². The number of aliphatic hydroxyl groups is 2. The average molecular weight is 312 g/mol. The molecule has 0 spiro atoms. The van der Waals surface area contributed by atoms with E-state index in [0.29, 0.717) is 25.7 Å². The maximum absolute atomic E-state index is 10.3. The fourth-order valence-electron chi connectivity index (χ4n) is 1.63. The Morgan fingerprint density at radius 3 is 1.41 bits per heavy atom. The first kappa shape index (κ1) is 20.1. The summed E-state index contributed by atoms with van der Waals surface area (Å²) in [6.45, 7) is 0. The zero-order valence-electron chi connectivity index (χ0n) is 12.5. The smallest absolute Gasteiger partial charge is 0.303 e. The molecule has 0 bridgehead atoms. The zero-order chi connectivity index (χ0) is 16.8. The molecule has 0 saturated carbocycles. The van der Waals surface area contributed by atoms with Gasteiger partial charge in [0.05, 0.1) is 12.2 Å². The van der Waals surface area contributed by atoms with Crippen molar-refractivity contribution >= 4 is 11.9 Å². The number of carbonyl (C=O) groups is 2. The van der Waals surface area contributed by atoms with E-state index < -0.39 is 24.1 Å². The fraction of sp³-hybridized carbons (Fsp3) is 0.500. The highest BCUT2D eigenvalue weighted by atomic mass is 16.4. The van der Waals surface area contributed by atoms with Crippen molar-refractivity contribution in [2.75, 3.05) is 0 Å². The molecule has 0 saturated heterocycles. The van der Waals surface area contributed by atoms with Crippen LogP contribution in [0.1, 0.15) is 38.5 Å². The molecule has 0 aromatic rings. The van der Waals surface area contributed by atoms with E-state index in [1.807, 2.05) is 0 Å². The summed E-state index contributed by atoms with van der Waals surface area (Å²) in [5, 5.41) is 36.0. The normalized spacial score (nSPS) is 14.8. The number of aliphatic hydroxyl groups excluding tert-OH is 2. The van der Waals surface area contributed by atoms with E-state index in [2.05, 4.69) is 0 Å². The molecule has 22 heavy (non-hydrogen) atoms. The van der Waals surface area contributed by atoms with E-state index in [4.69, 9.17) is 10.2 Å². The Kier molecular flexibility index (Phi) is 11.7. The molecule has 0 aromatic heterocycles. The summed E-state index contributed by atoms with van der Waals surface area (Å²) in [6.07, 6.45) is 10.2. The van der Waals surface area contributed by atoms with Crippen LogP contribution in [0.2, 0.25) is 0 Å². The predicted molar refractivity (Wildman–Crippen MR) is 82.4 cm³/mol. The second-order valence-electron chi connectivity index (χ2n) is 4.86. The van der Waals surface area contributed by atoms with E-state index >= 15 is 0 Å². The van der Waals surface area contributed by atoms with Gasteiger partial charge in [-0.2, -0.15) is 0 Å². The van der Waals surface area contributed by atoms with Crippen molar-refractivity contribution in [3.8, 4) is 0 Å². The highest BCUT2D eigenvalue weighted by Crippen LogP contribution is 2.03. The average Bonchev–Trinajstić information content (AvgIpc) is 2.41. The molecule has 0 amide bonds. The van der Waals surface area contributed by atoms with Crippen LogP contribution in [0.25, 0.3) is 0 Å². The predicted octanol–water partition coefficient (Wildman–Crippen LogP) is 1.89. The van der Waals surface area contributed by atoms with Crippen LogP contribution in [0.5, 0.6) is 0 Å². The summed E-state index contributed by atoms with van der Waals surface area (Å²) in [5.74, 6) is -1.74. The third kappa shape index (κ3) is 14.5. The number of hydrogen-bond acceptors (Lipinski definition) is 4. The van der Waals surface area contributed by atoms with Gasteiger partial charge in [-0.05, 0) is 25.7 Å². The van der Waals surface area contributed by atoms with Gasteiger partial charge < -0.3 is 20.4 Å². The third-order valence-corrected chi connectivity index (χ3v) is 2.78. The summed E-state index contributed by atoms with van der Waals surface area (Å²) in [6, 6.07) is 0. The minimum absolute atomic E-state index is 0.0449. The Bertz CT molecular complexity index is 373. The molecule has 6 heteroatoms. The summed E-state index contributed by atoms with van der Waals surface area (Å²) < 4.78 is 0. The summed E-state index contributed by atoms with van der Waals surface area (Å²) >= 11 is 0. The van der Waals surface area contributed by atoms with Gasteiger partial charge in [0.2, 0.25) is 0 Å². The van der Waals surface area contributed by atoms with Gasteiger partial charge in [-0.25, -0.2) is 0 Å². The van der Waals surface area contributed by atoms with Crippen LogP contribution >= 0.6 is 0 Å². The SMILES string of the molecule is O=C(O)CCC[C@H](O)\C=C/C=C/C=C/[C@H](O)CCCC(=O)O. The molecule has 0 aliphatic carbocycles. The second-order valence-corrected chi connectivity index (χ2v) is 4.86. The zero-order valence-corrected chi connectivity index (χ0v) is 12.5. The fourth-order valence-corrected chi connectivity index (χ4v) is 1.63. The molecular formula is C16H24O6. The van der Waals surface area contributed by atoms with E-state index in [-0.39, 0.29) is 12.8 Å². The van der Waals surface area contributed by atoms with Crippen molar-refractivity contribution in [1.29, 1.82) is 0 Å². The topological polar surface area (TPSA) is 115 Å². The maximum Gasteiger partial charge on any atom is 0.303 e. The van der Waals surface area contributed by atoms with Gasteiger partial charge in [-0.1, -0.05) is 36.5 Å². The van der Waals surface area contributed by atoms with Gasteiger partial charge in [0.25, 0.3) is 0 Å². The quantitative estimate of drug-likeness (QED) is 0.409. The molecule has 0 heterocycles. The van der Waals surface area contributed by atoms with Crippen molar-refractivity contribution in [3.05, 3.63) is 36.5 Å². The summed E-state index contributed by atoms with van der Waals surface area (Å²) in [7, 11) is 0. The van der Waals surface area contributed by atoms with Crippen molar-refractivity contribution in [1.82, 2.24) is 0 Å². The molecule has 124 valence electrons. The molecule has 0 fully saturated rings. The molecule has 0 aliphatic rings. The van der Waals surface area contributed by atoms with Crippen molar-refractivity contribution in [2.45, 2.75) is 50.7 Å². The molecule has 0 radical (unpaired) electrons. The number of carboxylic acids is 2. The largest absolute Gasteiger partial charge is 0.481 e. The lowest BCUT2D eigenvalue weighted by Gasteiger charge is -2.02. The molecule has 0 unspecified atom stereocenters. The standard InChI is InChI=1S/C16H24O6/c17-13(9-5-11-15(19)20)7-3-1-2-4-8-14(18)10-6-12-16(21)22/h1-4,7-8,13-14,17-18H,5-6,9-12H2,(H,19,20)(H,21,22)/b2-1+,7-3-,8-4+/t13-,14+/m1/s1. The number of carboxylic acid groups (broad SMARTS) is 2. The molecule has 4 N–H and O–H groups in total. The molecule has 6 nitrogen and oxygen atoms in total. The van der Waals surface area contributed by atoms with Gasteiger partial charge in [0.1, 0.15) is 0 Å². The minimum Gasteiger partial charge on any atom is -0.481 e. The monoisotopic (exact) mass is 312 g/mol. The highest BCUT2D eigenvalue weighted by molar-refractivity contribution is 5.66. The van der Waals surface area contributed by atoms with Crippen molar-refractivity contribution in [3.63, 3.8) is 0 Å². The van der Waals surface area contributed by atoms with Crippen LogP contribution < -0.4 is 0 Å². The third-order valence-electron chi connectivity index (χ3n) is 2.78. The maximum atomic E-state index is 10.3. The van der Waals surface area contributed by atoms with Gasteiger partial charge in [0, 0.05) is 12.8 Å². The molecule has 0 aliphatic heterocycles. The lowest BCUT2D eigenvalue weighted by atomic mass is 10.1. The first-order chi connectivity index (χ1) is 10.4. The van der Waals surface area contributed by atoms with E-state index in [1.165, 1.54) is 0 Å². The Hall–Kier alpha value is -1.92. The van der Waals surface area contributed by atoms with Crippen molar-refractivity contribution < 1.29 is 30.0 Å². The first-order valence-corrected chi connectivity index (χ1v) is 7.23. The van der Waals surface area contributed by atoms with Gasteiger partial charge in [-0.15, -0.1) is 0 Å². The van der Waals surface area contributed by atoms with E-state index in [0.717, 1.165) is 0 Å². The van der Waals surface area contributed by atoms with Crippen LogP contribution in [0.3, 0.4) is 0 Å². The van der Waals surface area contributed by atoms with Crippen LogP contribution in [0.15, 0.2) is 36.5 Å². The first-order valence-electron chi connectivity index (χ1n) is 7.23. The lowest BCUT2D eigenvalue weighted by molar-refractivity contribution is -0.138. The second kappa shape index (κ2) is 12.8. The van der Waals surface area contributed by atoms with Crippen LogP contribution in [0, 0.1) is 0 Å². The van der Waals surface area contributed by atoms with Crippen LogP contribution in [0.4, 0.5) is 0 Å². The van der Waals surface area contributed by atoms with E-state index in [9.17, 15) is 19.8 Å². The Morgan fingerprint density at radius 1 is 0.727 bits per heavy atom. The number of allylic oxidation sites excluding steroid dienone is 4. The highest BCUT2D eigenvalue weighted by Gasteiger charge is 2.02. The van der Waals surface area contributed by atoms with Crippen LogP contribution in [-0.4, -0.2) is 44.6 Å². The Labute approximate surface area is 130 Å². The lowest BCUT2D eigenvalue weighted by Crippen LogP contribution is -2.03. The number of aliphatic carboxylic acids is 2. The number of hydrogen-bond donors (Lipinski definition) is 4. The summed E-state index contributed by atoms with van der Waals surface area (Å²) in [4.78, 5) is 20.6. The van der Waals surface area contributed by atoms with Gasteiger partial charge >= 0.3 is 11.9 Å². The molecule has 0 rings (SSSR count). The minimum atomic E-state index is -0.872. The van der Waals surface area contributed by atoms with Crippen molar-refractivity contribution in [2.24, 2.45) is 0 Å². The molecule has 0 aromatic carbocycles. The summed E-state index contributed by atoms with van der Waals surface area (Å²) in [5.41, 5.74) is 0. The Balaban J connectivity index is 3.82. The van der Waals surface area contributed by atoms with Gasteiger partial charge in [-0.3, -0.25) is 9.59 Å².